The van der Waals surface area contributed by atoms with Crippen molar-refractivity contribution in [3.05, 3.63) is 59.2 Å². The topological polar surface area (TPSA) is 75.7 Å². The van der Waals surface area contributed by atoms with Crippen molar-refractivity contribution in [1.29, 1.82) is 0 Å². The Labute approximate surface area is 192 Å². The molecule has 0 bridgehead atoms. The molecule has 0 unspecified atom stereocenters. The van der Waals surface area contributed by atoms with E-state index in [2.05, 4.69) is 5.32 Å². The quantitative estimate of drug-likeness (QED) is 0.540. The molecule has 0 spiro atoms. The summed E-state index contributed by atoms with van der Waals surface area (Å²) in [5, 5.41) is 2.85. The zero-order valence-electron chi connectivity index (χ0n) is 19.3. The van der Waals surface area contributed by atoms with Crippen LogP contribution in [0.15, 0.2) is 47.4 Å². The summed E-state index contributed by atoms with van der Waals surface area (Å²) in [6.45, 7) is 6.50. The van der Waals surface area contributed by atoms with Crippen molar-refractivity contribution in [3.8, 4) is 0 Å². The summed E-state index contributed by atoms with van der Waals surface area (Å²) in [6, 6.07) is 12.2. The van der Waals surface area contributed by atoms with Gasteiger partial charge >= 0.3 is 0 Å². The lowest BCUT2D eigenvalue weighted by molar-refractivity contribution is -0.119. The first-order valence-corrected chi connectivity index (χ1v) is 12.8. The van der Waals surface area contributed by atoms with Crippen molar-refractivity contribution < 1.29 is 17.9 Å². The number of carbonyl (C=O) groups excluding carboxylic acids is 1. The number of hydrogen-bond acceptors (Lipinski definition) is 4. The Kier molecular flexibility index (Phi) is 8.32. The summed E-state index contributed by atoms with van der Waals surface area (Å²) < 4.78 is 34.0. The van der Waals surface area contributed by atoms with Crippen LogP contribution in [0.1, 0.15) is 48.8 Å². The van der Waals surface area contributed by atoms with Gasteiger partial charge in [-0.2, -0.15) is 0 Å². The Morgan fingerprint density at radius 1 is 1.06 bits per heavy atom. The molecule has 0 heterocycles. The van der Waals surface area contributed by atoms with Crippen LogP contribution in [0, 0.1) is 20.8 Å². The van der Waals surface area contributed by atoms with E-state index in [1.807, 2.05) is 32.9 Å². The van der Waals surface area contributed by atoms with Gasteiger partial charge in [-0.1, -0.05) is 42.7 Å². The summed E-state index contributed by atoms with van der Waals surface area (Å²) in [5.41, 5.74) is 3.29. The van der Waals surface area contributed by atoms with Crippen molar-refractivity contribution in [2.45, 2.75) is 63.9 Å². The highest BCUT2D eigenvalue weighted by Gasteiger charge is 2.28. The van der Waals surface area contributed by atoms with Crippen LogP contribution in [0.2, 0.25) is 0 Å². The van der Waals surface area contributed by atoms with Crippen molar-refractivity contribution in [1.82, 2.24) is 5.32 Å². The van der Waals surface area contributed by atoms with E-state index in [1.165, 1.54) is 17.1 Å². The number of hydrogen-bond donors (Lipinski definition) is 1. The third-order valence-corrected chi connectivity index (χ3v) is 7.81. The normalized spacial score (nSPS) is 14.5. The molecule has 1 saturated carbocycles. The lowest BCUT2D eigenvalue weighted by Crippen LogP contribution is -2.41. The Bertz CT molecular complexity index is 1010. The lowest BCUT2D eigenvalue weighted by atomic mass is 10.1. The number of aryl methyl sites for hydroxylation is 2. The first-order chi connectivity index (χ1) is 15.3. The maximum Gasteiger partial charge on any atom is 0.264 e. The van der Waals surface area contributed by atoms with Gasteiger partial charge < -0.3 is 10.1 Å². The second-order valence-corrected chi connectivity index (χ2v) is 10.4. The molecule has 6 nitrogen and oxygen atoms in total. The fourth-order valence-electron chi connectivity index (χ4n) is 3.93. The minimum atomic E-state index is -3.90. The number of anilines is 1. The van der Waals surface area contributed by atoms with Gasteiger partial charge in [0.15, 0.2) is 0 Å². The summed E-state index contributed by atoms with van der Waals surface area (Å²) >= 11 is 0. The molecule has 1 aliphatic carbocycles. The van der Waals surface area contributed by atoms with E-state index in [1.54, 1.807) is 30.3 Å². The van der Waals surface area contributed by atoms with Gasteiger partial charge in [0.2, 0.25) is 5.91 Å². The Balaban J connectivity index is 1.70. The van der Waals surface area contributed by atoms with Gasteiger partial charge in [0.1, 0.15) is 6.54 Å². The summed E-state index contributed by atoms with van der Waals surface area (Å²) in [5.74, 6) is -0.331. The highest BCUT2D eigenvalue weighted by molar-refractivity contribution is 7.92. The number of amides is 1. The lowest BCUT2D eigenvalue weighted by Gasteiger charge is -2.26. The van der Waals surface area contributed by atoms with Gasteiger partial charge in [0, 0.05) is 13.2 Å². The number of ether oxygens (including phenoxy) is 1. The predicted molar refractivity (Wildman–Crippen MR) is 127 cm³/mol. The van der Waals surface area contributed by atoms with Crippen molar-refractivity contribution in [3.63, 3.8) is 0 Å². The van der Waals surface area contributed by atoms with Crippen LogP contribution in [0.4, 0.5) is 5.69 Å². The number of carbonyl (C=O) groups is 1. The smallest absolute Gasteiger partial charge is 0.264 e. The van der Waals surface area contributed by atoms with E-state index in [4.69, 9.17) is 4.74 Å². The van der Waals surface area contributed by atoms with Crippen molar-refractivity contribution in [2.24, 2.45) is 0 Å². The molecule has 174 valence electrons. The van der Waals surface area contributed by atoms with Gasteiger partial charge in [0.25, 0.3) is 10.0 Å². The largest absolute Gasteiger partial charge is 0.378 e. The molecule has 0 radical (unpaired) electrons. The highest BCUT2D eigenvalue weighted by atomic mass is 32.2. The molecule has 1 aliphatic rings. The zero-order valence-corrected chi connectivity index (χ0v) is 20.1. The van der Waals surface area contributed by atoms with Crippen molar-refractivity contribution >= 4 is 21.6 Å². The molecule has 3 rings (SSSR count). The number of sulfonamides is 1. The van der Waals surface area contributed by atoms with Crippen LogP contribution in [0.25, 0.3) is 0 Å². The number of benzene rings is 2. The Morgan fingerprint density at radius 2 is 1.75 bits per heavy atom. The second-order valence-electron chi connectivity index (χ2n) is 8.52. The van der Waals surface area contributed by atoms with Gasteiger partial charge in [-0.25, -0.2) is 8.42 Å². The molecule has 1 N–H and O–H groups in total. The van der Waals surface area contributed by atoms with Gasteiger partial charge in [0.05, 0.1) is 16.7 Å². The fourth-order valence-corrected chi connectivity index (χ4v) is 5.41. The molecule has 1 amide bonds. The standard InChI is InChI=1S/C25H34N2O4S/c1-19-12-14-23(15-13-19)32(29,30)27(24-11-6-8-20(2)21(24)3)18-25(28)26-16-7-17-31-22-9-4-5-10-22/h6,8,11-15,22H,4-5,7,9-10,16-18H2,1-3H3,(H,26,28). The van der Waals surface area contributed by atoms with Crippen LogP contribution in [-0.2, 0) is 19.6 Å². The van der Waals surface area contributed by atoms with Crippen LogP contribution in [0.5, 0.6) is 0 Å². The van der Waals surface area contributed by atoms with Gasteiger partial charge in [-0.15, -0.1) is 0 Å². The van der Waals surface area contributed by atoms with E-state index in [0.717, 1.165) is 29.5 Å². The monoisotopic (exact) mass is 458 g/mol. The summed E-state index contributed by atoms with van der Waals surface area (Å²) in [7, 11) is -3.90. The first kappa shape index (κ1) is 24.3. The maximum atomic E-state index is 13.5. The maximum absolute atomic E-state index is 13.5. The molecule has 2 aromatic rings. The molecule has 0 atom stereocenters. The van der Waals surface area contributed by atoms with E-state index in [9.17, 15) is 13.2 Å². The van der Waals surface area contributed by atoms with Gasteiger partial charge in [-0.05, 0) is 69.4 Å². The Morgan fingerprint density at radius 3 is 2.44 bits per heavy atom. The second kappa shape index (κ2) is 11.0. The van der Waals surface area contributed by atoms with Crippen LogP contribution in [-0.4, -0.2) is 40.1 Å². The molecule has 0 aliphatic heterocycles. The van der Waals surface area contributed by atoms with Crippen LogP contribution < -0.4 is 9.62 Å². The average molecular weight is 459 g/mol. The fraction of sp³-hybridized carbons (Fsp3) is 0.480. The molecule has 0 aromatic heterocycles. The van der Waals surface area contributed by atoms with E-state index in [0.29, 0.717) is 31.4 Å². The Hall–Kier alpha value is -2.38. The third kappa shape index (κ3) is 6.11. The van der Waals surface area contributed by atoms with Crippen molar-refractivity contribution in [2.75, 3.05) is 24.0 Å². The number of rotatable bonds is 10. The van der Waals surface area contributed by atoms with E-state index >= 15 is 0 Å². The highest BCUT2D eigenvalue weighted by Crippen LogP contribution is 2.28. The summed E-state index contributed by atoms with van der Waals surface area (Å²) in [4.78, 5) is 12.9. The molecular weight excluding hydrogens is 424 g/mol. The predicted octanol–water partition coefficient (Wildman–Crippen LogP) is 4.27. The average Bonchev–Trinajstić information content (AvgIpc) is 3.28. The van der Waals surface area contributed by atoms with Crippen LogP contribution in [0.3, 0.4) is 0 Å². The molecule has 0 saturated heterocycles. The third-order valence-electron chi connectivity index (χ3n) is 6.04. The number of nitrogens with one attached hydrogen (secondary N) is 1. The molecule has 32 heavy (non-hydrogen) atoms. The molecule has 7 heteroatoms. The molecule has 2 aromatic carbocycles. The minimum Gasteiger partial charge on any atom is -0.378 e. The minimum absolute atomic E-state index is 0.168. The zero-order chi connectivity index (χ0) is 23.1. The molecule has 1 fully saturated rings. The molecular formula is C25H34N2O4S. The van der Waals surface area contributed by atoms with E-state index < -0.39 is 10.0 Å². The van der Waals surface area contributed by atoms with Gasteiger partial charge in [-0.3, -0.25) is 9.10 Å². The summed E-state index contributed by atoms with van der Waals surface area (Å²) in [6.07, 6.45) is 5.75. The van der Waals surface area contributed by atoms with Crippen LogP contribution >= 0.6 is 0 Å². The SMILES string of the molecule is Cc1ccc(S(=O)(=O)N(CC(=O)NCCCOC2CCCC2)c2cccc(C)c2C)cc1. The first-order valence-electron chi connectivity index (χ1n) is 11.3. The van der Waals surface area contributed by atoms with E-state index in [-0.39, 0.29) is 17.3 Å². The number of nitrogens with zero attached hydrogens (tertiary/aromatic N) is 1.